The summed E-state index contributed by atoms with van der Waals surface area (Å²) >= 11 is 1.70. The van der Waals surface area contributed by atoms with Gasteiger partial charge in [-0.2, -0.15) is 0 Å². The maximum absolute atomic E-state index is 13.1. The Balaban J connectivity index is 0.00000225. The fraction of sp³-hybridized carbons (Fsp3) is 0.350. The molecule has 5 nitrogen and oxygen atoms in total. The molecule has 0 bridgehead atoms. The molecule has 0 saturated carbocycles. The first-order valence-corrected chi connectivity index (χ1v) is 9.80. The van der Waals surface area contributed by atoms with Gasteiger partial charge < -0.3 is 9.80 Å². The molecule has 1 aliphatic heterocycles. The van der Waals surface area contributed by atoms with E-state index in [0.29, 0.717) is 31.7 Å². The summed E-state index contributed by atoms with van der Waals surface area (Å²) < 4.78 is 13.1. The Labute approximate surface area is 173 Å². The quantitative estimate of drug-likeness (QED) is 0.625. The van der Waals surface area contributed by atoms with Crippen molar-refractivity contribution in [3.63, 3.8) is 0 Å². The fourth-order valence-corrected chi connectivity index (χ4v) is 4.53. The van der Waals surface area contributed by atoms with Crippen LogP contribution < -0.4 is 4.90 Å². The summed E-state index contributed by atoms with van der Waals surface area (Å²) in [6.45, 7) is 8.80. The van der Waals surface area contributed by atoms with Crippen molar-refractivity contribution >= 4 is 45.7 Å². The number of nitrogens with zero attached hydrogens (tertiary/aromatic N) is 4. The molecular formula is C20H22ClFN4OS. The van der Waals surface area contributed by atoms with Gasteiger partial charge >= 0.3 is 0 Å². The second-order valence-corrected chi connectivity index (χ2v) is 8.05. The van der Waals surface area contributed by atoms with Gasteiger partial charge in [-0.3, -0.25) is 4.79 Å². The minimum atomic E-state index is -0.332. The Morgan fingerprint density at radius 3 is 2.32 bits per heavy atom. The third kappa shape index (κ3) is 3.69. The first-order chi connectivity index (χ1) is 12.9. The molecule has 8 heteroatoms. The van der Waals surface area contributed by atoms with Crippen LogP contribution in [0, 0.1) is 26.6 Å². The van der Waals surface area contributed by atoms with Gasteiger partial charge in [0.2, 0.25) is 0 Å². The molecule has 1 aliphatic rings. The van der Waals surface area contributed by atoms with Crippen molar-refractivity contribution in [1.29, 1.82) is 0 Å². The maximum Gasteiger partial charge on any atom is 0.253 e. The Bertz CT molecular complexity index is 1010. The minimum absolute atomic E-state index is 0. The van der Waals surface area contributed by atoms with E-state index in [1.807, 2.05) is 11.8 Å². The molecule has 148 valence electrons. The summed E-state index contributed by atoms with van der Waals surface area (Å²) in [4.78, 5) is 28.3. The van der Waals surface area contributed by atoms with E-state index in [2.05, 4.69) is 23.7 Å². The molecule has 0 atom stereocenters. The molecule has 1 saturated heterocycles. The number of anilines is 1. The number of benzene rings is 1. The highest BCUT2D eigenvalue weighted by molar-refractivity contribution is 7.18. The van der Waals surface area contributed by atoms with Crippen LogP contribution in [0.15, 0.2) is 24.3 Å². The fourth-order valence-electron chi connectivity index (χ4n) is 3.46. The molecule has 3 aromatic rings. The topological polar surface area (TPSA) is 49.3 Å². The van der Waals surface area contributed by atoms with Crippen LogP contribution in [-0.4, -0.2) is 47.0 Å². The van der Waals surface area contributed by atoms with Gasteiger partial charge in [0.1, 0.15) is 22.3 Å². The zero-order valence-electron chi connectivity index (χ0n) is 16.0. The van der Waals surface area contributed by atoms with Crippen LogP contribution in [0.1, 0.15) is 26.6 Å². The summed E-state index contributed by atoms with van der Waals surface area (Å²) in [5.41, 5.74) is 1.75. The molecule has 0 aliphatic carbocycles. The number of piperazine rings is 1. The standard InChI is InChI=1S/C20H21FN4OS.ClH/c1-12-13(2)27-19-17(12)18(22-14(3)23-19)24-8-10-25(11-9-24)20(26)15-4-6-16(21)7-5-15;/h4-7H,8-11H2,1-3H3;1H. The number of hydrogen-bond acceptors (Lipinski definition) is 5. The Kier molecular flexibility index (Phi) is 5.86. The first-order valence-electron chi connectivity index (χ1n) is 8.98. The molecule has 28 heavy (non-hydrogen) atoms. The molecule has 0 N–H and O–H groups in total. The highest BCUT2D eigenvalue weighted by atomic mass is 35.5. The Morgan fingerprint density at radius 2 is 1.68 bits per heavy atom. The van der Waals surface area contributed by atoms with Gasteiger partial charge in [-0.25, -0.2) is 14.4 Å². The van der Waals surface area contributed by atoms with E-state index in [4.69, 9.17) is 4.98 Å². The Morgan fingerprint density at radius 1 is 1.04 bits per heavy atom. The zero-order valence-corrected chi connectivity index (χ0v) is 17.7. The lowest BCUT2D eigenvalue weighted by Gasteiger charge is -2.36. The molecule has 0 spiro atoms. The van der Waals surface area contributed by atoms with Gasteiger partial charge in [-0.05, 0) is 50.6 Å². The van der Waals surface area contributed by atoms with Crippen LogP contribution in [0.25, 0.3) is 10.2 Å². The van der Waals surface area contributed by atoms with Gasteiger partial charge in [0.25, 0.3) is 5.91 Å². The predicted molar refractivity (Wildman–Crippen MR) is 113 cm³/mol. The van der Waals surface area contributed by atoms with Crippen molar-refractivity contribution in [3.8, 4) is 0 Å². The summed E-state index contributed by atoms with van der Waals surface area (Å²) in [5, 5.41) is 1.13. The normalized spacial score (nSPS) is 14.3. The number of carbonyl (C=O) groups is 1. The smallest absolute Gasteiger partial charge is 0.253 e. The SMILES string of the molecule is Cc1nc(N2CCN(C(=O)c3ccc(F)cc3)CC2)c2c(C)c(C)sc2n1.Cl. The van der Waals surface area contributed by atoms with E-state index in [0.717, 1.165) is 21.9 Å². The summed E-state index contributed by atoms with van der Waals surface area (Å²) in [5.74, 6) is 1.35. The van der Waals surface area contributed by atoms with Gasteiger partial charge in [-0.15, -0.1) is 23.7 Å². The van der Waals surface area contributed by atoms with E-state index in [1.54, 1.807) is 23.5 Å². The molecule has 0 unspecified atom stereocenters. The highest BCUT2D eigenvalue weighted by Crippen LogP contribution is 2.35. The number of hydrogen-bond donors (Lipinski definition) is 0. The van der Waals surface area contributed by atoms with Crippen molar-refractivity contribution in [2.24, 2.45) is 0 Å². The largest absolute Gasteiger partial charge is 0.352 e. The lowest BCUT2D eigenvalue weighted by atomic mass is 10.1. The predicted octanol–water partition coefficient (Wildman–Crippen LogP) is 4.14. The van der Waals surface area contributed by atoms with E-state index in [-0.39, 0.29) is 24.1 Å². The second kappa shape index (κ2) is 8.01. The van der Waals surface area contributed by atoms with Crippen LogP contribution in [0.3, 0.4) is 0 Å². The van der Waals surface area contributed by atoms with Crippen molar-refractivity contribution in [2.75, 3.05) is 31.1 Å². The van der Waals surface area contributed by atoms with Crippen LogP contribution in [0.2, 0.25) is 0 Å². The Hall–Kier alpha value is -2.25. The van der Waals surface area contributed by atoms with E-state index < -0.39 is 0 Å². The van der Waals surface area contributed by atoms with Crippen LogP contribution in [-0.2, 0) is 0 Å². The lowest BCUT2D eigenvalue weighted by Crippen LogP contribution is -2.49. The number of aromatic nitrogens is 2. The third-order valence-corrected chi connectivity index (χ3v) is 6.18. The van der Waals surface area contributed by atoms with Crippen LogP contribution in [0.5, 0.6) is 0 Å². The number of halogens is 2. The summed E-state index contributed by atoms with van der Waals surface area (Å²) in [6, 6.07) is 5.73. The number of thiophene rings is 1. The molecule has 1 amide bonds. The van der Waals surface area contributed by atoms with E-state index in [9.17, 15) is 9.18 Å². The molecule has 2 aromatic heterocycles. The van der Waals surface area contributed by atoms with Gasteiger partial charge in [0.15, 0.2) is 0 Å². The molecule has 0 radical (unpaired) electrons. The maximum atomic E-state index is 13.1. The molecule has 1 fully saturated rings. The molecular weight excluding hydrogens is 399 g/mol. The average molecular weight is 421 g/mol. The van der Waals surface area contributed by atoms with Crippen LogP contribution in [0.4, 0.5) is 10.2 Å². The molecule has 4 rings (SSSR count). The average Bonchev–Trinajstić information content (AvgIpc) is 2.95. The monoisotopic (exact) mass is 420 g/mol. The number of fused-ring (bicyclic) bond motifs is 1. The highest BCUT2D eigenvalue weighted by Gasteiger charge is 2.25. The third-order valence-electron chi connectivity index (χ3n) is 5.08. The number of aryl methyl sites for hydroxylation is 3. The second-order valence-electron chi connectivity index (χ2n) is 6.84. The minimum Gasteiger partial charge on any atom is -0.352 e. The molecule has 3 heterocycles. The van der Waals surface area contributed by atoms with Crippen molar-refractivity contribution in [3.05, 3.63) is 51.9 Å². The summed E-state index contributed by atoms with van der Waals surface area (Å²) in [6.07, 6.45) is 0. The first kappa shape index (κ1) is 20.5. The van der Waals surface area contributed by atoms with Crippen molar-refractivity contribution < 1.29 is 9.18 Å². The van der Waals surface area contributed by atoms with Crippen LogP contribution >= 0.6 is 23.7 Å². The van der Waals surface area contributed by atoms with Gasteiger partial charge in [-0.1, -0.05) is 0 Å². The molecule has 1 aromatic carbocycles. The lowest BCUT2D eigenvalue weighted by molar-refractivity contribution is 0.0746. The number of carbonyl (C=O) groups excluding carboxylic acids is 1. The van der Waals surface area contributed by atoms with Crippen molar-refractivity contribution in [2.45, 2.75) is 20.8 Å². The van der Waals surface area contributed by atoms with E-state index >= 15 is 0 Å². The van der Waals surface area contributed by atoms with Gasteiger partial charge in [0.05, 0.1) is 5.39 Å². The van der Waals surface area contributed by atoms with Gasteiger partial charge in [0, 0.05) is 36.6 Å². The summed E-state index contributed by atoms with van der Waals surface area (Å²) in [7, 11) is 0. The zero-order chi connectivity index (χ0) is 19.1. The number of amides is 1. The number of rotatable bonds is 2. The van der Waals surface area contributed by atoms with E-state index in [1.165, 1.54) is 22.6 Å². The van der Waals surface area contributed by atoms with Crippen molar-refractivity contribution in [1.82, 2.24) is 14.9 Å².